The van der Waals surface area contributed by atoms with Gasteiger partial charge < -0.3 is 152 Å². The summed E-state index contributed by atoms with van der Waals surface area (Å²) in [5, 5.41) is 111. The average molecular weight is 1950 g/mol. The quantitative estimate of drug-likeness (QED) is 0.0164. The zero-order valence-electron chi connectivity index (χ0n) is 78.3. The van der Waals surface area contributed by atoms with Crippen molar-refractivity contribution in [3.05, 3.63) is 29.8 Å². The van der Waals surface area contributed by atoms with Gasteiger partial charge in [-0.1, -0.05) is 46.2 Å². The molecule has 0 spiro atoms. The summed E-state index contributed by atoms with van der Waals surface area (Å²) >= 11 is 0. The molecular weight excluding hydrogens is 1820 g/mol. The van der Waals surface area contributed by atoms with Crippen molar-refractivity contribution in [1.82, 2.24) is 104 Å². The van der Waals surface area contributed by atoms with E-state index in [0.29, 0.717) is 31.2 Å². The number of carboxylic acids is 3. The SMILES string of the molecule is CC[C@H](C)[C@H](NC(=O)[C@@H]1CCCN1C(=O)[C@@H]1CCCN1C(=O)[C@@H]1CCCN1C(=O)[C@H](C)NC(=O)[C@@H]1CCCN1C(=O)[C@H](CCCNC(=N)N)NC(=O)[C@H](CC(C)C)NC(=O)[C@H](CO)NC(=O)[C@@H]1CCCN1C(=O)[C@H](C)NC(=O)[C@H](CCC(=O)O)NC(=O)[C@@H](N)CCC(=O)O)C(=O)N[C@@H](CO)C(=O)NCC(=O)NCC(=O)NCC(=O)N[C@@H](Cc1ccc(O)cc1)C(=O)N[C@@H](CCCNC(=N)N)C(=O)O. The van der Waals surface area contributed by atoms with Crippen molar-refractivity contribution in [2.24, 2.45) is 29.0 Å². The Balaban J connectivity index is 1.01. The van der Waals surface area contributed by atoms with Crippen LogP contribution in [0.5, 0.6) is 5.75 Å². The second kappa shape index (κ2) is 55.5. The number of aliphatic hydroxyl groups excluding tert-OH is 2. The lowest BCUT2D eigenvalue weighted by atomic mass is 9.97. The zero-order chi connectivity index (χ0) is 102. The van der Waals surface area contributed by atoms with Gasteiger partial charge in [0.1, 0.15) is 96.4 Å². The number of benzene rings is 1. The van der Waals surface area contributed by atoms with Crippen LogP contribution in [-0.4, -0.2) is 367 Å². The van der Waals surface area contributed by atoms with E-state index in [0.717, 1.165) is 4.90 Å². The number of carbonyl (C=O) groups excluding carboxylic acids is 18. The van der Waals surface area contributed by atoms with Crippen molar-refractivity contribution in [3.8, 4) is 5.75 Å². The van der Waals surface area contributed by atoms with Gasteiger partial charge in [0, 0.05) is 65.1 Å². The van der Waals surface area contributed by atoms with E-state index >= 15 is 0 Å². The number of likely N-dealkylation sites (tertiary alicyclic amines) is 5. The number of phenols is 1. The minimum atomic E-state index is -1.74. The number of nitrogens with zero attached hydrogens (tertiary/aromatic N) is 5. The number of carbonyl (C=O) groups is 21. The van der Waals surface area contributed by atoms with Gasteiger partial charge in [-0.15, -0.1) is 0 Å². The highest BCUT2D eigenvalue weighted by molar-refractivity contribution is 6.02. The molecule has 52 nitrogen and oxygen atoms in total. The topological polar surface area (TPSA) is 802 Å². The Labute approximate surface area is 795 Å². The van der Waals surface area contributed by atoms with E-state index in [-0.39, 0.29) is 153 Å². The van der Waals surface area contributed by atoms with Gasteiger partial charge in [-0.2, -0.15) is 0 Å². The molecule has 5 aliphatic rings. The fraction of sp³-hybridized carbons (Fsp3) is 0.663. The van der Waals surface area contributed by atoms with Crippen LogP contribution in [0.1, 0.15) is 176 Å². The molecule has 0 bridgehead atoms. The molecule has 29 N–H and O–H groups in total. The highest BCUT2D eigenvalue weighted by atomic mass is 16.4. The first kappa shape index (κ1) is 113. The van der Waals surface area contributed by atoms with Crippen LogP contribution in [-0.2, 0) is 107 Å². The number of amides is 18. The Kier molecular flexibility index (Phi) is 45.5. The number of nitrogens with two attached hydrogens (primary N) is 3. The van der Waals surface area contributed by atoms with Crippen molar-refractivity contribution in [2.75, 3.05) is 78.7 Å². The van der Waals surface area contributed by atoms with Crippen molar-refractivity contribution in [2.45, 2.75) is 273 Å². The van der Waals surface area contributed by atoms with Crippen molar-refractivity contribution in [3.63, 3.8) is 0 Å². The Bertz CT molecular complexity index is 4550. The van der Waals surface area contributed by atoms with Crippen LogP contribution in [0.4, 0.5) is 0 Å². The number of nitrogens with one attached hydrogen (secondary N) is 17. The summed E-state index contributed by atoms with van der Waals surface area (Å²) in [6, 6.07) is -16.3. The molecule has 5 heterocycles. The summed E-state index contributed by atoms with van der Waals surface area (Å²) in [4.78, 5) is 291. The number of rotatable bonds is 54. The molecule has 5 fully saturated rings. The molecule has 0 radical (unpaired) electrons. The summed E-state index contributed by atoms with van der Waals surface area (Å²) in [5.74, 6) is -21.1. The summed E-state index contributed by atoms with van der Waals surface area (Å²) in [6.07, 6.45) is 0.488. The lowest BCUT2D eigenvalue weighted by Gasteiger charge is -2.35. The molecule has 18 amide bonds. The fourth-order valence-corrected chi connectivity index (χ4v) is 16.6. The monoisotopic (exact) mass is 1950 g/mol. The van der Waals surface area contributed by atoms with E-state index in [2.05, 4.69) is 79.8 Å². The molecule has 0 saturated carbocycles. The molecule has 0 aromatic heterocycles. The summed E-state index contributed by atoms with van der Waals surface area (Å²) in [7, 11) is 0. The van der Waals surface area contributed by atoms with Crippen LogP contribution >= 0.6 is 0 Å². The Morgan fingerprint density at radius 2 is 0.804 bits per heavy atom. The average Bonchev–Trinajstić information content (AvgIpc) is 1.63. The van der Waals surface area contributed by atoms with Gasteiger partial charge in [0.05, 0.1) is 38.9 Å². The van der Waals surface area contributed by atoms with E-state index in [1.807, 2.05) is 0 Å². The maximum Gasteiger partial charge on any atom is 0.326 e. The van der Waals surface area contributed by atoms with Gasteiger partial charge in [0.15, 0.2) is 11.9 Å². The molecule has 17 atom stereocenters. The highest BCUT2D eigenvalue weighted by Crippen LogP contribution is 2.31. The minimum absolute atomic E-state index is 0.00233. The fourth-order valence-electron chi connectivity index (χ4n) is 16.6. The lowest BCUT2D eigenvalue weighted by molar-refractivity contribution is -0.151. The normalized spacial score (nSPS) is 19.3. The number of hydrogen-bond donors (Lipinski definition) is 26. The standard InChI is InChI=1S/C86H135N25O27/c1-7-45(4)68(78(131)105-56(42-112)70(123)96-40-64(116)94-39-63(115)95-41-65(117)99-55(38-48-22-24-49(114)25-23-48)73(126)102-53(84(137)138)16-9-31-93-86(90)91)106-77(130)60-19-12-34-109(60)82(135)62-21-14-36-111(62)83(136)61-20-13-35-110(61)80(133)47(6)98-75(128)58-17-11-33-108(58)81(134)52(15-8-30-92-85(88)89)101-72(125)54(37-44(2)3)103-74(127)57(43-113)104-76(129)59-18-10-32-107(59)79(132)46(5)97-71(124)51(27-29-67(120)121)100-69(122)50(87)26-28-66(118)119/h22-25,44-47,50-62,68,112-114H,7-21,26-43,87H2,1-6H3,(H,94,116)(H,95,115)(H,96,123)(H,97,124)(H,98,128)(H,99,117)(H,100,122)(H,101,125)(H,102,126)(H,103,127)(H,104,129)(H,105,131)(H,106,130)(H,118,119)(H,120,121)(H,137,138)(H4,88,89,92)(H4,90,91,93)/t45-,46-,47-,50-,51-,52-,53-,54-,55-,56-,57-,58-,59-,60-,61-,62-,68-/m0/s1. The van der Waals surface area contributed by atoms with Crippen LogP contribution in [0.2, 0.25) is 0 Å². The van der Waals surface area contributed by atoms with Gasteiger partial charge in [0.25, 0.3) is 0 Å². The first-order chi connectivity index (χ1) is 65.3. The number of guanidine groups is 2. The smallest absolute Gasteiger partial charge is 0.326 e. The molecule has 5 aliphatic heterocycles. The molecule has 6 rings (SSSR count). The number of carboxylic acid groups (broad SMARTS) is 3. The van der Waals surface area contributed by atoms with Gasteiger partial charge in [0.2, 0.25) is 106 Å². The van der Waals surface area contributed by atoms with E-state index in [1.54, 1.807) is 27.7 Å². The van der Waals surface area contributed by atoms with Crippen molar-refractivity contribution < 1.29 is 131 Å². The number of aromatic hydroxyl groups is 1. The lowest BCUT2D eigenvalue weighted by Crippen LogP contribution is -2.61. The Morgan fingerprint density at radius 1 is 0.406 bits per heavy atom. The highest BCUT2D eigenvalue weighted by Gasteiger charge is 2.49. The molecule has 0 unspecified atom stereocenters. The number of aliphatic hydroxyl groups is 2. The van der Waals surface area contributed by atoms with Gasteiger partial charge in [-0.05, 0) is 153 Å². The second-order valence-corrected chi connectivity index (χ2v) is 35.2. The predicted octanol–water partition coefficient (Wildman–Crippen LogP) is -9.13. The van der Waals surface area contributed by atoms with Crippen LogP contribution in [0.25, 0.3) is 0 Å². The molecule has 138 heavy (non-hydrogen) atoms. The second-order valence-electron chi connectivity index (χ2n) is 35.2. The van der Waals surface area contributed by atoms with Crippen molar-refractivity contribution in [1.29, 1.82) is 10.8 Å². The van der Waals surface area contributed by atoms with Crippen LogP contribution in [0.3, 0.4) is 0 Å². The summed E-state index contributed by atoms with van der Waals surface area (Å²) in [6.45, 7) is 5.56. The first-order valence-electron chi connectivity index (χ1n) is 46.2. The third-order valence-corrected chi connectivity index (χ3v) is 24.2. The van der Waals surface area contributed by atoms with Crippen LogP contribution in [0, 0.1) is 22.7 Å². The van der Waals surface area contributed by atoms with Gasteiger partial charge >= 0.3 is 17.9 Å². The Morgan fingerprint density at radius 3 is 1.32 bits per heavy atom. The number of hydrogen-bond acceptors (Lipinski definition) is 27. The maximum atomic E-state index is 14.9. The summed E-state index contributed by atoms with van der Waals surface area (Å²) < 4.78 is 0. The van der Waals surface area contributed by atoms with E-state index in [4.69, 9.17) is 33.1 Å². The molecule has 0 aliphatic carbocycles. The number of aliphatic carboxylic acids is 3. The van der Waals surface area contributed by atoms with Crippen LogP contribution in [0.15, 0.2) is 24.3 Å². The van der Waals surface area contributed by atoms with E-state index in [9.17, 15) is 126 Å². The Hall–Kier alpha value is -13.7. The van der Waals surface area contributed by atoms with E-state index < -0.39 is 285 Å². The molecule has 1 aromatic rings. The first-order valence-corrected chi connectivity index (χ1v) is 46.2. The third-order valence-electron chi connectivity index (χ3n) is 24.2. The molecule has 52 heteroatoms. The molecule has 1 aromatic carbocycles. The predicted molar refractivity (Wildman–Crippen MR) is 486 cm³/mol. The van der Waals surface area contributed by atoms with E-state index in [1.165, 1.54) is 57.7 Å². The number of phenolic OH excluding ortho intramolecular Hbond substituents is 1. The molecule has 5 saturated heterocycles. The van der Waals surface area contributed by atoms with Gasteiger partial charge in [-0.25, -0.2) is 4.79 Å². The largest absolute Gasteiger partial charge is 0.508 e. The third kappa shape index (κ3) is 34.8. The van der Waals surface area contributed by atoms with Gasteiger partial charge in [-0.3, -0.25) is 107 Å². The van der Waals surface area contributed by atoms with Crippen molar-refractivity contribution >= 4 is 136 Å². The molecule has 766 valence electrons. The summed E-state index contributed by atoms with van der Waals surface area (Å²) in [5.41, 5.74) is 17.1. The maximum absolute atomic E-state index is 14.9. The zero-order valence-corrected chi connectivity index (χ0v) is 78.3. The molecular formula is C86H135N25O27. The van der Waals surface area contributed by atoms with Crippen LogP contribution < -0.4 is 97.0 Å². The minimum Gasteiger partial charge on any atom is -0.508 e.